The number of nitro groups is 1. The van der Waals surface area contributed by atoms with E-state index >= 15 is 0 Å². The van der Waals surface area contributed by atoms with Crippen molar-refractivity contribution in [3.05, 3.63) is 50.2 Å². The third-order valence-electron chi connectivity index (χ3n) is 2.89. The Morgan fingerprint density at radius 1 is 1.25 bits per heavy atom. The van der Waals surface area contributed by atoms with Gasteiger partial charge in [0.1, 0.15) is 11.4 Å². The Balaban J connectivity index is 2.18. The molecule has 0 spiro atoms. The minimum atomic E-state index is -0.441. The van der Waals surface area contributed by atoms with Crippen molar-refractivity contribution in [2.45, 2.75) is 19.9 Å². The van der Waals surface area contributed by atoms with Crippen molar-refractivity contribution in [2.75, 3.05) is 10.7 Å². The van der Waals surface area contributed by atoms with Crippen LogP contribution >= 0.6 is 11.3 Å². The molecule has 0 radical (unpaired) electrons. The predicted molar refractivity (Wildman–Crippen MR) is 81.9 cm³/mol. The Kier molecular flexibility index (Phi) is 4.54. The Morgan fingerprint density at radius 3 is 2.55 bits per heavy atom. The van der Waals surface area contributed by atoms with Crippen LogP contribution in [-0.2, 0) is 13.0 Å². The van der Waals surface area contributed by atoms with Gasteiger partial charge >= 0.3 is 5.69 Å². The summed E-state index contributed by atoms with van der Waals surface area (Å²) in [6, 6.07) is 9.08. The number of thiophene rings is 1. The lowest BCUT2D eigenvalue weighted by Crippen LogP contribution is -2.10. The number of nitrogens with two attached hydrogens (primary N) is 1. The van der Waals surface area contributed by atoms with E-state index in [1.807, 2.05) is 6.07 Å². The van der Waals surface area contributed by atoms with Gasteiger partial charge in [0.05, 0.1) is 4.92 Å². The van der Waals surface area contributed by atoms with Crippen molar-refractivity contribution in [2.24, 2.45) is 5.84 Å². The second-order valence-corrected chi connectivity index (χ2v) is 5.43. The highest BCUT2D eigenvalue weighted by Crippen LogP contribution is 2.32. The summed E-state index contributed by atoms with van der Waals surface area (Å²) < 4.78 is 0. The van der Waals surface area contributed by atoms with Gasteiger partial charge in [-0.2, -0.15) is 0 Å². The van der Waals surface area contributed by atoms with Crippen LogP contribution in [-0.4, -0.2) is 4.92 Å². The number of nitrogen functional groups attached to an aromatic ring is 1. The summed E-state index contributed by atoms with van der Waals surface area (Å²) >= 11 is 1.70. The normalized spacial score (nSPS) is 10.3. The lowest BCUT2D eigenvalue weighted by atomic mass is 10.2. The van der Waals surface area contributed by atoms with Crippen LogP contribution < -0.4 is 16.6 Å². The van der Waals surface area contributed by atoms with E-state index in [0.717, 1.165) is 11.3 Å². The molecule has 0 bridgehead atoms. The Morgan fingerprint density at radius 2 is 1.95 bits per heavy atom. The van der Waals surface area contributed by atoms with Crippen molar-refractivity contribution in [3.8, 4) is 0 Å². The van der Waals surface area contributed by atoms with Crippen molar-refractivity contribution < 1.29 is 4.92 Å². The molecule has 106 valence electrons. The van der Waals surface area contributed by atoms with Crippen molar-refractivity contribution in [1.82, 2.24) is 0 Å². The number of benzene rings is 1. The van der Waals surface area contributed by atoms with Gasteiger partial charge in [0.2, 0.25) is 0 Å². The molecular formula is C13H16N4O2S. The molecule has 20 heavy (non-hydrogen) atoms. The van der Waals surface area contributed by atoms with Gasteiger partial charge in [0.15, 0.2) is 0 Å². The van der Waals surface area contributed by atoms with Gasteiger partial charge in [-0.15, -0.1) is 11.3 Å². The largest absolute Gasteiger partial charge is 0.375 e. The van der Waals surface area contributed by atoms with Gasteiger partial charge in [-0.1, -0.05) is 13.0 Å². The number of nitrogens with one attached hydrogen (secondary N) is 2. The highest BCUT2D eigenvalue weighted by Gasteiger charge is 2.18. The molecule has 2 rings (SSSR count). The average Bonchev–Trinajstić information content (AvgIpc) is 2.92. The number of anilines is 2. The molecule has 0 saturated carbocycles. The van der Waals surface area contributed by atoms with E-state index in [4.69, 9.17) is 5.84 Å². The fraction of sp³-hybridized carbons (Fsp3) is 0.231. The van der Waals surface area contributed by atoms with Gasteiger partial charge in [0.25, 0.3) is 0 Å². The van der Waals surface area contributed by atoms with E-state index in [9.17, 15) is 10.1 Å². The molecule has 4 N–H and O–H groups in total. The van der Waals surface area contributed by atoms with Crippen LogP contribution in [0.15, 0.2) is 30.3 Å². The molecule has 0 atom stereocenters. The first-order valence-electron chi connectivity index (χ1n) is 6.21. The smallest absolute Gasteiger partial charge is 0.316 e. The van der Waals surface area contributed by atoms with Crippen molar-refractivity contribution in [3.63, 3.8) is 0 Å². The zero-order valence-electron chi connectivity index (χ0n) is 11.1. The van der Waals surface area contributed by atoms with Crippen LogP contribution in [0.25, 0.3) is 0 Å². The highest BCUT2D eigenvalue weighted by atomic mass is 32.1. The maximum atomic E-state index is 11.1. The van der Waals surface area contributed by atoms with Gasteiger partial charge in [-0.3, -0.25) is 16.0 Å². The summed E-state index contributed by atoms with van der Waals surface area (Å²) in [5, 5.41) is 14.2. The van der Waals surface area contributed by atoms with E-state index in [0.29, 0.717) is 17.9 Å². The number of aryl methyl sites for hydroxylation is 1. The number of para-hydroxylation sites is 1. The molecule has 0 unspecified atom stereocenters. The number of hydrazine groups is 1. The van der Waals surface area contributed by atoms with Crippen LogP contribution in [0.5, 0.6) is 0 Å². The highest BCUT2D eigenvalue weighted by molar-refractivity contribution is 7.12. The predicted octanol–water partition coefficient (Wildman–Crippen LogP) is 3.12. The fourth-order valence-electron chi connectivity index (χ4n) is 1.89. The quantitative estimate of drug-likeness (QED) is 0.432. The van der Waals surface area contributed by atoms with E-state index in [1.165, 1.54) is 4.88 Å². The molecule has 1 aromatic carbocycles. The number of nitrogens with zero attached hydrogens (tertiary/aromatic N) is 1. The Hall–Kier alpha value is -2.12. The molecule has 0 aliphatic heterocycles. The Bertz CT molecular complexity index is 612. The molecule has 7 heteroatoms. The third kappa shape index (κ3) is 3.06. The molecule has 0 aliphatic rings. The van der Waals surface area contributed by atoms with Crippen molar-refractivity contribution >= 4 is 28.4 Å². The summed E-state index contributed by atoms with van der Waals surface area (Å²) in [5.41, 5.74) is 3.06. The monoisotopic (exact) mass is 292 g/mol. The first kappa shape index (κ1) is 14.3. The van der Waals surface area contributed by atoms with E-state index in [2.05, 4.69) is 23.7 Å². The fourth-order valence-corrected chi connectivity index (χ4v) is 2.79. The second kappa shape index (κ2) is 6.36. The molecule has 0 amide bonds. The zero-order chi connectivity index (χ0) is 14.5. The lowest BCUT2D eigenvalue weighted by molar-refractivity contribution is -0.383. The van der Waals surface area contributed by atoms with Gasteiger partial charge in [0, 0.05) is 16.3 Å². The third-order valence-corrected chi connectivity index (χ3v) is 4.12. The minimum Gasteiger partial charge on any atom is -0.375 e. The van der Waals surface area contributed by atoms with Gasteiger partial charge < -0.3 is 10.7 Å². The summed E-state index contributed by atoms with van der Waals surface area (Å²) in [6.07, 6.45) is 0.997. The summed E-state index contributed by atoms with van der Waals surface area (Å²) in [4.78, 5) is 13.1. The van der Waals surface area contributed by atoms with E-state index in [1.54, 1.807) is 29.5 Å². The average molecular weight is 292 g/mol. The van der Waals surface area contributed by atoms with Gasteiger partial charge in [-0.25, -0.2) is 0 Å². The molecule has 0 fully saturated rings. The summed E-state index contributed by atoms with van der Waals surface area (Å²) in [5.74, 6) is 5.31. The topological polar surface area (TPSA) is 93.2 Å². The van der Waals surface area contributed by atoms with E-state index < -0.39 is 4.92 Å². The first-order chi connectivity index (χ1) is 9.65. The maximum Gasteiger partial charge on any atom is 0.316 e. The molecule has 1 aromatic heterocycles. The Labute approximate surface area is 120 Å². The van der Waals surface area contributed by atoms with Crippen LogP contribution in [0.1, 0.15) is 16.7 Å². The molecule has 0 saturated heterocycles. The molecule has 2 aromatic rings. The summed E-state index contributed by atoms with van der Waals surface area (Å²) in [6.45, 7) is 2.66. The van der Waals surface area contributed by atoms with Gasteiger partial charge in [-0.05, 0) is 30.7 Å². The maximum absolute atomic E-state index is 11.1. The standard InChI is InChI=1S/C13H16N4O2S/c1-2-9-6-7-10(20-9)8-15-11-4-3-5-12(16-14)13(11)17(18)19/h3-7,15-16H,2,8,14H2,1H3. The van der Waals surface area contributed by atoms with Crippen LogP contribution in [0.2, 0.25) is 0 Å². The molecule has 1 heterocycles. The van der Waals surface area contributed by atoms with Crippen LogP contribution in [0.3, 0.4) is 0 Å². The van der Waals surface area contributed by atoms with Crippen molar-refractivity contribution in [1.29, 1.82) is 0 Å². The number of hydrogen-bond donors (Lipinski definition) is 3. The minimum absolute atomic E-state index is 0.0396. The molecule has 0 aliphatic carbocycles. The molecule has 6 nitrogen and oxygen atoms in total. The summed E-state index contributed by atoms with van der Waals surface area (Å²) in [7, 11) is 0. The van der Waals surface area contributed by atoms with Crippen LogP contribution in [0.4, 0.5) is 17.1 Å². The van der Waals surface area contributed by atoms with E-state index in [-0.39, 0.29) is 5.69 Å². The number of nitro benzene ring substituents is 1. The number of rotatable bonds is 6. The first-order valence-corrected chi connectivity index (χ1v) is 7.02. The van der Waals surface area contributed by atoms with Crippen LogP contribution in [0, 0.1) is 10.1 Å². The SMILES string of the molecule is CCc1ccc(CNc2cccc(NN)c2[N+](=O)[O-])s1. The zero-order valence-corrected chi connectivity index (χ0v) is 11.9. The lowest BCUT2D eigenvalue weighted by Gasteiger charge is -2.09. The second-order valence-electron chi connectivity index (χ2n) is 4.18. The number of hydrogen-bond acceptors (Lipinski definition) is 6. The molecular weight excluding hydrogens is 276 g/mol.